The number of hydrogen-bond acceptors (Lipinski definition) is 7. The highest BCUT2D eigenvalue weighted by Gasteiger charge is 2.27. The molecule has 0 spiro atoms. The quantitative estimate of drug-likeness (QED) is 0.281. The largest absolute Gasteiger partial charge is 0.494 e. The minimum atomic E-state index is -4.10. The highest BCUT2D eigenvalue weighted by molar-refractivity contribution is 7.92. The third-order valence-corrected chi connectivity index (χ3v) is 7.31. The fourth-order valence-electron chi connectivity index (χ4n) is 3.36. The van der Waals surface area contributed by atoms with E-state index in [1.54, 1.807) is 49.4 Å². The highest BCUT2D eigenvalue weighted by Crippen LogP contribution is 2.28. The van der Waals surface area contributed by atoms with Crippen LogP contribution < -0.4 is 23.9 Å². The Labute approximate surface area is 221 Å². The van der Waals surface area contributed by atoms with Gasteiger partial charge in [-0.25, -0.2) is 13.8 Å². The molecule has 0 aromatic heterocycles. The molecule has 0 atom stereocenters. The first-order valence-corrected chi connectivity index (χ1v) is 13.1. The van der Waals surface area contributed by atoms with E-state index in [0.29, 0.717) is 40.2 Å². The number of carbonyl (C=O) groups excluding carboxylic acids is 1. The van der Waals surface area contributed by atoms with Crippen LogP contribution >= 0.6 is 11.6 Å². The molecule has 0 saturated carbocycles. The van der Waals surface area contributed by atoms with E-state index < -0.39 is 22.5 Å². The molecule has 0 radical (unpaired) electrons. The second-order valence-corrected chi connectivity index (χ2v) is 9.99. The molecule has 3 aromatic rings. The number of benzene rings is 3. The number of hydrogen-bond donors (Lipinski definition) is 1. The van der Waals surface area contributed by atoms with Gasteiger partial charge in [0, 0.05) is 10.6 Å². The molecule has 37 heavy (non-hydrogen) atoms. The molecule has 0 aliphatic heterocycles. The molecule has 1 amide bonds. The molecule has 1 N–H and O–H groups in total. The smallest absolute Gasteiger partial charge is 0.264 e. The van der Waals surface area contributed by atoms with Gasteiger partial charge in [0.2, 0.25) is 0 Å². The maximum absolute atomic E-state index is 13.5. The summed E-state index contributed by atoms with van der Waals surface area (Å²) < 4.78 is 44.0. The summed E-state index contributed by atoms with van der Waals surface area (Å²) in [6.07, 6.45) is 0. The van der Waals surface area contributed by atoms with Crippen molar-refractivity contribution in [3.8, 4) is 17.2 Å². The van der Waals surface area contributed by atoms with Crippen molar-refractivity contribution < 1.29 is 27.4 Å². The molecule has 0 aliphatic rings. The molecule has 0 unspecified atom stereocenters. The lowest BCUT2D eigenvalue weighted by atomic mass is 10.1. The van der Waals surface area contributed by atoms with Gasteiger partial charge < -0.3 is 14.2 Å². The first-order valence-electron chi connectivity index (χ1n) is 11.3. The Morgan fingerprint density at radius 2 is 1.62 bits per heavy atom. The van der Waals surface area contributed by atoms with Crippen molar-refractivity contribution in [3.63, 3.8) is 0 Å². The second-order valence-electron chi connectivity index (χ2n) is 7.69. The fraction of sp³-hybridized carbons (Fsp3) is 0.231. The number of nitrogens with one attached hydrogen (secondary N) is 1. The van der Waals surface area contributed by atoms with Crippen LogP contribution in [-0.4, -0.2) is 47.4 Å². The standard InChI is InChI=1S/C26H28ClN3O6S/c1-5-36-22-11-9-21(10-12-22)30(37(32,33)23-13-7-20(27)8-14-23)17-26(31)29-28-18(2)19-6-15-24(34-3)25(16-19)35-4/h6-16H,5,17H2,1-4H3,(H,29,31)/b28-18-. The van der Waals surface area contributed by atoms with E-state index in [-0.39, 0.29) is 10.6 Å². The Balaban J connectivity index is 1.86. The lowest BCUT2D eigenvalue weighted by molar-refractivity contribution is -0.119. The first kappa shape index (κ1) is 27.8. The van der Waals surface area contributed by atoms with Crippen LogP contribution in [0.2, 0.25) is 5.02 Å². The highest BCUT2D eigenvalue weighted by atomic mass is 35.5. The van der Waals surface area contributed by atoms with Crippen molar-refractivity contribution in [1.82, 2.24) is 5.43 Å². The van der Waals surface area contributed by atoms with Crippen molar-refractivity contribution in [2.24, 2.45) is 5.10 Å². The Morgan fingerprint density at radius 3 is 2.22 bits per heavy atom. The van der Waals surface area contributed by atoms with Gasteiger partial charge in [-0.15, -0.1) is 0 Å². The molecule has 3 rings (SSSR count). The topological polar surface area (TPSA) is 107 Å². The summed E-state index contributed by atoms with van der Waals surface area (Å²) >= 11 is 5.93. The summed E-state index contributed by atoms with van der Waals surface area (Å²) in [5.41, 5.74) is 3.90. The molecular formula is C26H28ClN3O6S. The van der Waals surface area contributed by atoms with Gasteiger partial charge in [0.15, 0.2) is 11.5 Å². The zero-order chi connectivity index (χ0) is 27.0. The number of sulfonamides is 1. The average molecular weight is 546 g/mol. The maximum atomic E-state index is 13.5. The van der Waals surface area contributed by atoms with Crippen LogP contribution in [0, 0.1) is 0 Å². The second kappa shape index (κ2) is 12.5. The van der Waals surface area contributed by atoms with Crippen LogP contribution in [0.3, 0.4) is 0 Å². The van der Waals surface area contributed by atoms with E-state index >= 15 is 0 Å². The molecule has 0 bridgehead atoms. The van der Waals surface area contributed by atoms with Crippen molar-refractivity contribution in [2.45, 2.75) is 18.7 Å². The zero-order valence-electron chi connectivity index (χ0n) is 20.9. The normalized spacial score (nSPS) is 11.5. The number of amides is 1. The Kier molecular flexibility index (Phi) is 9.37. The molecule has 3 aromatic carbocycles. The van der Waals surface area contributed by atoms with E-state index in [1.807, 2.05) is 6.92 Å². The summed E-state index contributed by atoms with van der Waals surface area (Å²) in [7, 11) is -1.05. The van der Waals surface area contributed by atoms with Crippen LogP contribution in [0.15, 0.2) is 76.7 Å². The zero-order valence-corrected chi connectivity index (χ0v) is 22.5. The minimum absolute atomic E-state index is 0.0106. The van der Waals surface area contributed by atoms with Gasteiger partial charge in [-0.3, -0.25) is 9.10 Å². The number of ether oxygens (including phenoxy) is 3. The van der Waals surface area contributed by atoms with Crippen LogP contribution in [-0.2, 0) is 14.8 Å². The van der Waals surface area contributed by atoms with E-state index in [0.717, 1.165) is 4.31 Å². The van der Waals surface area contributed by atoms with Gasteiger partial charge in [0.05, 0.1) is 37.1 Å². The van der Waals surface area contributed by atoms with Crippen LogP contribution in [0.4, 0.5) is 5.69 Å². The third-order valence-electron chi connectivity index (χ3n) is 5.27. The van der Waals surface area contributed by atoms with E-state index in [2.05, 4.69) is 10.5 Å². The van der Waals surface area contributed by atoms with Gasteiger partial charge in [-0.05, 0) is 80.6 Å². The molecule has 11 heteroatoms. The van der Waals surface area contributed by atoms with Crippen molar-refractivity contribution >= 4 is 38.9 Å². The predicted molar refractivity (Wildman–Crippen MR) is 143 cm³/mol. The lowest BCUT2D eigenvalue weighted by Gasteiger charge is -2.24. The van der Waals surface area contributed by atoms with Crippen molar-refractivity contribution in [1.29, 1.82) is 0 Å². The number of nitrogens with zero attached hydrogens (tertiary/aromatic N) is 2. The number of methoxy groups -OCH3 is 2. The van der Waals surface area contributed by atoms with Crippen LogP contribution in [0.5, 0.6) is 17.2 Å². The Hall–Kier alpha value is -3.76. The van der Waals surface area contributed by atoms with Gasteiger partial charge >= 0.3 is 0 Å². The summed E-state index contributed by atoms with van der Waals surface area (Å²) in [5, 5.41) is 4.53. The molecule has 196 valence electrons. The number of hydrazone groups is 1. The molecule has 0 heterocycles. The van der Waals surface area contributed by atoms with Crippen LogP contribution in [0.25, 0.3) is 0 Å². The van der Waals surface area contributed by atoms with E-state index in [4.69, 9.17) is 25.8 Å². The molecule has 0 saturated heterocycles. The van der Waals surface area contributed by atoms with Gasteiger partial charge in [-0.1, -0.05) is 11.6 Å². The van der Waals surface area contributed by atoms with Crippen LogP contribution in [0.1, 0.15) is 19.4 Å². The molecular weight excluding hydrogens is 518 g/mol. The van der Waals surface area contributed by atoms with Crippen molar-refractivity contribution in [3.05, 3.63) is 77.3 Å². The number of carbonyl (C=O) groups is 1. The lowest BCUT2D eigenvalue weighted by Crippen LogP contribution is -2.39. The Bertz CT molecular complexity index is 1360. The minimum Gasteiger partial charge on any atom is -0.494 e. The molecule has 0 fully saturated rings. The summed E-state index contributed by atoms with van der Waals surface area (Å²) in [5.74, 6) is 1.01. The number of halogens is 1. The van der Waals surface area contributed by atoms with E-state index in [1.165, 1.54) is 38.5 Å². The number of anilines is 1. The summed E-state index contributed by atoms with van der Waals surface area (Å²) in [6, 6.07) is 17.4. The third kappa shape index (κ3) is 6.93. The predicted octanol–water partition coefficient (Wildman–Crippen LogP) is 4.49. The maximum Gasteiger partial charge on any atom is 0.264 e. The molecule has 9 nitrogen and oxygen atoms in total. The van der Waals surface area contributed by atoms with Crippen molar-refractivity contribution in [2.75, 3.05) is 31.7 Å². The number of rotatable bonds is 11. The summed E-state index contributed by atoms with van der Waals surface area (Å²) in [4.78, 5) is 12.9. The fourth-order valence-corrected chi connectivity index (χ4v) is 4.91. The summed E-state index contributed by atoms with van der Waals surface area (Å²) in [6.45, 7) is 3.50. The van der Waals surface area contributed by atoms with Gasteiger partial charge in [-0.2, -0.15) is 5.10 Å². The SMILES string of the molecule is CCOc1ccc(N(CC(=O)N/N=C(/C)c2ccc(OC)c(OC)c2)S(=O)(=O)c2ccc(Cl)cc2)cc1. The average Bonchev–Trinajstić information content (AvgIpc) is 2.90. The Morgan fingerprint density at radius 1 is 0.973 bits per heavy atom. The monoisotopic (exact) mass is 545 g/mol. The van der Waals surface area contributed by atoms with Gasteiger partial charge in [0.25, 0.3) is 15.9 Å². The van der Waals surface area contributed by atoms with Gasteiger partial charge in [0.1, 0.15) is 12.3 Å². The van der Waals surface area contributed by atoms with E-state index in [9.17, 15) is 13.2 Å². The molecule has 0 aliphatic carbocycles. The first-order chi connectivity index (χ1) is 17.7.